The Hall–Kier alpha value is -1.87. The van der Waals surface area contributed by atoms with E-state index in [9.17, 15) is 14.4 Å². The summed E-state index contributed by atoms with van der Waals surface area (Å²) in [4.78, 5) is 36.9. The van der Waals surface area contributed by atoms with Gasteiger partial charge in [0.1, 0.15) is 11.2 Å². The van der Waals surface area contributed by atoms with Crippen molar-refractivity contribution < 1.29 is 33.7 Å². The zero-order chi connectivity index (χ0) is 22.0. The zero-order valence-electron chi connectivity index (χ0n) is 18.1. The quantitative estimate of drug-likeness (QED) is 0.217. The van der Waals surface area contributed by atoms with Gasteiger partial charge in [-0.1, -0.05) is 0 Å². The molecule has 0 aliphatic rings. The van der Waals surface area contributed by atoms with E-state index in [1.54, 1.807) is 41.5 Å². The molecule has 0 radical (unpaired) electrons. The maximum absolute atomic E-state index is 12.8. The number of hydrogen-bond acceptors (Lipinski definition) is 8. The molecule has 3 N–H and O–H groups in total. The largest absolute Gasteiger partial charge is 0.467 e. The van der Waals surface area contributed by atoms with Crippen LogP contribution < -0.4 is 10.6 Å². The lowest BCUT2D eigenvalue weighted by molar-refractivity contribution is -0.173. The molecule has 1 amide bonds. The maximum Gasteiger partial charge on any atom is 0.407 e. The SMILES string of the molecule is COC(=O)[C@](CCCCNC(=O)OC(C)(C)C)(NCCO)C(=O)OC(C)(C)C. The van der Waals surface area contributed by atoms with Crippen LogP contribution in [0.2, 0.25) is 0 Å². The predicted octanol–water partition coefficient (Wildman–Crippen LogP) is 1.52. The Labute approximate surface area is 167 Å². The first-order valence-corrected chi connectivity index (χ1v) is 9.42. The summed E-state index contributed by atoms with van der Waals surface area (Å²) in [5, 5.41) is 14.5. The minimum absolute atomic E-state index is 0.0184. The van der Waals surface area contributed by atoms with E-state index < -0.39 is 34.8 Å². The van der Waals surface area contributed by atoms with Gasteiger partial charge in [0.2, 0.25) is 5.54 Å². The summed E-state index contributed by atoms with van der Waals surface area (Å²) in [6, 6.07) is 0. The van der Waals surface area contributed by atoms with Gasteiger partial charge in [0.05, 0.1) is 13.7 Å². The van der Waals surface area contributed by atoms with Crippen molar-refractivity contribution in [1.29, 1.82) is 0 Å². The van der Waals surface area contributed by atoms with Crippen LogP contribution in [0.3, 0.4) is 0 Å². The van der Waals surface area contributed by atoms with Crippen LogP contribution in [0.5, 0.6) is 0 Å². The topological polar surface area (TPSA) is 123 Å². The number of aliphatic hydroxyl groups is 1. The molecule has 164 valence electrons. The number of amides is 1. The van der Waals surface area contributed by atoms with E-state index in [2.05, 4.69) is 10.6 Å². The van der Waals surface area contributed by atoms with E-state index in [4.69, 9.17) is 19.3 Å². The van der Waals surface area contributed by atoms with Crippen LogP contribution >= 0.6 is 0 Å². The number of β-amino-alcohol motifs (C(OH)–C–C–N with tert-alkyl or cyclic N) is 1. The van der Waals surface area contributed by atoms with Crippen LogP contribution in [-0.4, -0.2) is 66.7 Å². The second-order valence-electron chi connectivity index (χ2n) is 8.43. The molecule has 0 fully saturated rings. The van der Waals surface area contributed by atoms with Gasteiger partial charge in [-0.25, -0.2) is 14.4 Å². The Kier molecular flexibility index (Phi) is 10.5. The Morgan fingerprint density at radius 1 is 0.857 bits per heavy atom. The first-order chi connectivity index (χ1) is 12.8. The van der Waals surface area contributed by atoms with Crippen LogP contribution in [0.1, 0.15) is 60.8 Å². The van der Waals surface area contributed by atoms with Gasteiger partial charge >= 0.3 is 18.0 Å². The highest BCUT2D eigenvalue weighted by Crippen LogP contribution is 2.22. The number of hydrogen-bond donors (Lipinski definition) is 3. The van der Waals surface area contributed by atoms with Crippen molar-refractivity contribution in [2.45, 2.75) is 77.5 Å². The highest BCUT2D eigenvalue weighted by Gasteiger charge is 2.49. The molecule has 28 heavy (non-hydrogen) atoms. The van der Waals surface area contributed by atoms with Crippen molar-refractivity contribution >= 4 is 18.0 Å². The second-order valence-corrected chi connectivity index (χ2v) is 8.43. The summed E-state index contributed by atoms with van der Waals surface area (Å²) in [7, 11) is 1.19. The van der Waals surface area contributed by atoms with Gasteiger partial charge in [-0.15, -0.1) is 0 Å². The molecule has 0 aromatic rings. The van der Waals surface area contributed by atoms with Crippen molar-refractivity contribution in [3.05, 3.63) is 0 Å². The number of alkyl carbamates (subject to hydrolysis) is 1. The Balaban J connectivity index is 4.99. The van der Waals surface area contributed by atoms with E-state index in [-0.39, 0.29) is 19.6 Å². The van der Waals surface area contributed by atoms with Gasteiger partial charge in [0.15, 0.2) is 0 Å². The zero-order valence-corrected chi connectivity index (χ0v) is 18.1. The fourth-order valence-corrected chi connectivity index (χ4v) is 2.35. The lowest BCUT2D eigenvalue weighted by Gasteiger charge is -2.33. The minimum atomic E-state index is -1.73. The first-order valence-electron chi connectivity index (χ1n) is 9.42. The van der Waals surface area contributed by atoms with Crippen molar-refractivity contribution in [2.24, 2.45) is 0 Å². The van der Waals surface area contributed by atoms with Gasteiger partial charge in [-0.05, 0) is 60.8 Å². The van der Waals surface area contributed by atoms with E-state index in [1.165, 1.54) is 7.11 Å². The molecule has 0 spiro atoms. The third kappa shape index (κ3) is 9.89. The molecule has 9 heteroatoms. The summed E-state index contributed by atoms with van der Waals surface area (Å²) in [5.41, 5.74) is -3.11. The molecule has 0 aromatic carbocycles. The van der Waals surface area contributed by atoms with Crippen LogP contribution in [-0.2, 0) is 23.8 Å². The molecule has 0 bridgehead atoms. The Morgan fingerprint density at radius 3 is 1.89 bits per heavy atom. The summed E-state index contributed by atoms with van der Waals surface area (Å²) >= 11 is 0. The van der Waals surface area contributed by atoms with Crippen molar-refractivity contribution in [1.82, 2.24) is 10.6 Å². The molecule has 0 heterocycles. The molecule has 1 atom stereocenters. The third-order valence-corrected chi connectivity index (χ3v) is 3.47. The van der Waals surface area contributed by atoms with Crippen LogP contribution in [0.4, 0.5) is 4.79 Å². The number of ether oxygens (including phenoxy) is 3. The van der Waals surface area contributed by atoms with Gasteiger partial charge < -0.3 is 24.6 Å². The molecular formula is C19H36N2O7. The van der Waals surface area contributed by atoms with Gasteiger partial charge in [-0.3, -0.25) is 5.32 Å². The number of methoxy groups -OCH3 is 1. The molecule has 9 nitrogen and oxygen atoms in total. The number of unbranched alkanes of at least 4 members (excludes halogenated alkanes) is 1. The lowest BCUT2D eigenvalue weighted by atomic mass is 9.91. The smallest absolute Gasteiger partial charge is 0.407 e. The van der Waals surface area contributed by atoms with Gasteiger partial charge in [-0.2, -0.15) is 0 Å². The Bertz CT molecular complexity index is 523. The molecule has 0 aliphatic carbocycles. The number of carbonyl (C=O) groups excluding carboxylic acids is 3. The average Bonchev–Trinajstić information content (AvgIpc) is 2.53. The normalized spacial score (nSPS) is 14.0. The van der Waals surface area contributed by atoms with Gasteiger partial charge in [0, 0.05) is 13.1 Å². The van der Waals surface area contributed by atoms with Gasteiger partial charge in [0.25, 0.3) is 0 Å². The summed E-state index contributed by atoms with van der Waals surface area (Å²) in [6.07, 6.45) is 0.478. The van der Waals surface area contributed by atoms with Crippen LogP contribution in [0, 0.1) is 0 Å². The molecule has 0 rings (SSSR count). The second kappa shape index (κ2) is 11.2. The number of esters is 2. The standard InChI is InChI=1S/C19H36N2O7/c1-17(2,3)27-15(24)19(14(23)26-7,21-12-13-22)10-8-9-11-20-16(25)28-18(4,5)6/h21-22H,8-13H2,1-7H3,(H,20,25)/t19-/m0/s1. The van der Waals surface area contributed by atoms with Crippen LogP contribution in [0.15, 0.2) is 0 Å². The first kappa shape index (κ1) is 26.1. The maximum atomic E-state index is 12.8. The number of aliphatic hydroxyl groups excluding tert-OH is 1. The van der Waals surface area contributed by atoms with E-state index in [1.807, 2.05) is 0 Å². The molecular weight excluding hydrogens is 368 g/mol. The Morgan fingerprint density at radius 2 is 1.43 bits per heavy atom. The molecule has 0 saturated carbocycles. The van der Waals surface area contributed by atoms with Crippen LogP contribution in [0.25, 0.3) is 0 Å². The summed E-state index contributed by atoms with van der Waals surface area (Å²) in [6.45, 7) is 10.5. The number of rotatable bonds is 10. The van der Waals surface area contributed by atoms with Crippen molar-refractivity contribution in [3.8, 4) is 0 Å². The molecule has 0 aliphatic heterocycles. The monoisotopic (exact) mass is 404 g/mol. The number of nitrogens with one attached hydrogen (secondary N) is 2. The van der Waals surface area contributed by atoms with E-state index >= 15 is 0 Å². The average molecular weight is 405 g/mol. The van der Waals surface area contributed by atoms with E-state index in [0.717, 1.165) is 0 Å². The summed E-state index contributed by atoms with van der Waals surface area (Å²) in [5.74, 6) is -1.55. The fraction of sp³-hybridized carbons (Fsp3) is 0.842. The molecule has 0 unspecified atom stereocenters. The molecule has 0 saturated heterocycles. The number of carbonyl (C=O) groups is 3. The third-order valence-electron chi connectivity index (χ3n) is 3.47. The highest BCUT2D eigenvalue weighted by atomic mass is 16.6. The highest BCUT2D eigenvalue weighted by molar-refractivity contribution is 6.05. The minimum Gasteiger partial charge on any atom is -0.467 e. The van der Waals surface area contributed by atoms with Crippen molar-refractivity contribution in [2.75, 3.05) is 26.8 Å². The van der Waals surface area contributed by atoms with E-state index in [0.29, 0.717) is 19.4 Å². The lowest BCUT2D eigenvalue weighted by Crippen LogP contribution is -2.61. The summed E-state index contributed by atoms with van der Waals surface area (Å²) < 4.78 is 15.4. The fourth-order valence-electron chi connectivity index (χ4n) is 2.35. The predicted molar refractivity (Wildman–Crippen MR) is 104 cm³/mol. The molecule has 0 aromatic heterocycles. The van der Waals surface area contributed by atoms with Crippen molar-refractivity contribution in [3.63, 3.8) is 0 Å².